The van der Waals surface area contributed by atoms with Crippen molar-refractivity contribution >= 4 is 27.4 Å². The van der Waals surface area contributed by atoms with E-state index in [0.717, 1.165) is 44.3 Å². The van der Waals surface area contributed by atoms with Gasteiger partial charge in [-0.25, -0.2) is 19.2 Å². The molecule has 148 valence electrons. The Hall–Kier alpha value is -3.52. The summed E-state index contributed by atoms with van der Waals surface area (Å²) >= 11 is 3.60. The second-order valence-corrected chi connectivity index (χ2v) is 7.74. The number of anilines is 1. The van der Waals surface area contributed by atoms with Gasteiger partial charge in [-0.1, -0.05) is 40.2 Å². The monoisotopic (exact) mass is 459 g/mol. The molecule has 0 saturated carbocycles. The Kier molecular flexibility index (Phi) is 4.76. The Bertz CT molecular complexity index is 1340. The number of fused-ring (bicyclic) bond motifs is 1. The molecular weight excluding hydrogens is 442 g/mol. The van der Waals surface area contributed by atoms with Gasteiger partial charge < -0.3 is 5.32 Å². The molecule has 0 saturated heterocycles. The lowest BCUT2D eigenvalue weighted by atomic mass is 10.2. The molecule has 5 aromatic rings. The quantitative estimate of drug-likeness (QED) is 0.413. The van der Waals surface area contributed by atoms with E-state index in [1.54, 1.807) is 10.8 Å². The van der Waals surface area contributed by atoms with Crippen LogP contribution >= 0.6 is 15.9 Å². The van der Waals surface area contributed by atoms with E-state index < -0.39 is 0 Å². The fourth-order valence-electron chi connectivity index (χ4n) is 3.30. The zero-order chi connectivity index (χ0) is 20.5. The molecule has 0 unspecified atom stereocenters. The van der Waals surface area contributed by atoms with Crippen LogP contribution in [0.3, 0.4) is 0 Å². The fourth-order valence-corrected chi connectivity index (χ4v) is 3.72. The summed E-state index contributed by atoms with van der Waals surface area (Å²) in [5.74, 6) is 1.53. The minimum Gasteiger partial charge on any atom is -0.364 e. The number of hydrogen-bond acceptors (Lipinski definition) is 5. The van der Waals surface area contributed by atoms with Crippen molar-refractivity contribution in [3.05, 3.63) is 88.9 Å². The first-order valence-corrected chi connectivity index (χ1v) is 10.3. The highest BCUT2D eigenvalue weighted by atomic mass is 79.9. The van der Waals surface area contributed by atoms with E-state index in [9.17, 15) is 0 Å². The summed E-state index contributed by atoms with van der Waals surface area (Å²) in [6.45, 7) is 2.63. The lowest BCUT2D eigenvalue weighted by Gasteiger charge is -2.07. The van der Waals surface area contributed by atoms with E-state index in [2.05, 4.69) is 42.4 Å². The van der Waals surface area contributed by atoms with Gasteiger partial charge in [-0.05, 0) is 42.8 Å². The topological polar surface area (TPSA) is 72.9 Å². The van der Waals surface area contributed by atoms with E-state index >= 15 is 0 Å². The molecule has 0 aliphatic heterocycles. The Balaban J connectivity index is 1.56. The van der Waals surface area contributed by atoms with Gasteiger partial charge in [0.05, 0.1) is 5.69 Å². The average Bonchev–Trinajstić information content (AvgIpc) is 3.39. The number of nitrogens with zero attached hydrogens (tertiary/aromatic N) is 6. The molecule has 1 aromatic carbocycles. The third-order valence-electron chi connectivity index (χ3n) is 4.79. The summed E-state index contributed by atoms with van der Waals surface area (Å²) in [5.41, 5.74) is 4.78. The van der Waals surface area contributed by atoms with Crippen molar-refractivity contribution in [2.24, 2.45) is 0 Å². The van der Waals surface area contributed by atoms with Gasteiger partial charge in [-0.15, -0.1) is 5.10 Å². The van der Waals surface area contributed by atoms with Crippen LogP contribution in [0.1, 0.15) is 11.3 Å². The van der Waals surface area contributed by atoms with E-state index in [1.807, 2.05) is 72.4 Å². The molecule has 7 nitrogen and oxygen atoms in total. The van der Waals surface area contributed by atoms with Crippen molar-refractivity contribution < 1.29 is 0 Å². The second kappa shape index (κ2) is 7.72. The standard InChI is InChI=1S/C22H18BrN7/c1-15-5-4-8-21(27-15)30-19(16-9-10-29-22(11-16)25-14-26-29)12-20(28-30)24-13-17-6-2-3-7-18(17)23/h2-12,14H,13H2,1H3,(H,24,28). The molecule has 0 bridgehead atoms. The lowest BCUT2D eigenvalue weighted by Crippen LogP contribution is -2.05. The summed E-state index contributed by atoms with van der Waals surface area (Å²) in [5, 5.41) is 12.4. The highest BCUT2D eigenvalue weighted by Crippen LogP contribution is 2.27. The van der Waals surface area contributed by atoms with Crippen LogP contribution in [-0.2, 0) is 6.54 Å². The summed E-state index contributed by atoms with van der Waals surface area (Å²) in [6, 6.07) is 20.1. The Labute approximate surface area is 181 Å². The van der Waals surface area contributed by atoms with Gasteiger partial charge in [0.15, 0.2) is 11.5 Å². The minimum absolute atomic E-state index is 0.655. The Morgan fingerprint density at radius 3 is 2.80 bits per heavy atom. The van der Waals surface area contributed by atoms with Crippen molar-refractivity contribution in [3.63, 3.8) is 0 Å². The molecule has 0 amide bonds. The highest BCUT2D eigenvalue weighted by Gasteiger charge is 2.14. The van der Waals surface area contributed by atoms with Crippen molar-refractivity contribution in [2.75, 3.05) is 5.32 Å². The van der Waals surface area contributed by atoms with Crippen LogP contribution in [0.5, 0.6) is 0 Å². The number of hydrogen-bond donors (Lipinski definition) is 1. The maximum atomic E-state index is 4.80. The normalized spacial score (nSPS) is 11.1. The van der Waals surface area contributed by atoms with Crippen molar-refractivity contribution in [1.29, 1.82) is 0 Å². The number of benzene rings is 1. The van der Waals surface area contributed by atoms with Crippen LogP contribution in [0, 0.1) is 6.92 Å². The Morgan fingerprint density at radius 2 is 1.93 bits per heavy atom. The summed E-state index contributed by atoms with van der Waals surface area (Å²) in [6.07, 6.45) is 3.44. The van der Waals surface area contributed by atoms with E-state index in [-0.39, 0.29) is 0 Å². The van der Waals surface area contributed by atoms with Gasteiger partial charge >= 0.3 is 0 Å². The molecule has 0 atom stereocenters. The summed E-state index contributed by atoms with van der Waals surface area (Å²) < 4.78 is 4.66. The Morgan fingerprint density at radius 1 is 1.03 bits per heavy atom. The van der Waals surface area contributed by atoms with Crippen LogP contribution in [0.15, 0.2) is 77.7 Å². The third kappa shape index (κ3) is 3.57. The number of pyridine rings is 2. The number of aryl methyl sites for hydroxylation is 1. The molecular formula is C22H18BrN7. The molecule has 8 heteroatoms. The highest BCUT2D eigenvalue weighted by molar-refractivity contribution is 9.10. The average molecular weight is 460 g/mol. The zero-order valence-electron chi connectivity index (χ0n) is 16.2. The number of aromatic nitrogens is 6. The zero-order valence-corrected chi connectivity index (χ0v) is 17.8. The second-order valence-electron chi connectivity index (χ2n) is 6.89. The number of nitrogens with one attached hydrogen (secondary N) is 1. The minimum atomic E-state index is 0.655. The van der Waals surface area contributed by atoms with Crippen molar-refractivity contribution in [1.82, 2.24) is 29.4 Å². The smallest absolute Gasteiger partial charge is 0.155 e. The molecule has 30 heavy (non-hydrogen) atoms. The first-order chi connectivity index (χ1) is 14.7. The first kappa shape index (κ1) is 18.5. The van der Waals surface area contributed by atoms with Gasteiger partial charge in [0, 0.05) is 34.5 Å². The molecule has 4 aromatic heterocycles. The van der Waals surface area contributed by atoms with Crippen LogP contribution in [0.4, 0.5) is 5.82 Å². The number of rotatable bonds is 5. The predicted octanol–water partition coefficient (Wildman–Crippen LogP) is 4.66. The summed E-state index contributed by atoms with van der Waals surface area (Å²) in [4.78, 5) is 8.96. The van der Waals surface area contributed by atoms with Gasteiger partial charge in [-0.3, -0.25) is 0 Å². The molecule has 0 radical (unpaired) electrons. The first-order valence-electron chi connectivity index (χ1n) is 9.48. The van der Waals surface area contributed by atoms with Crippen LogP contribution < -0.4 is 5.32 Å². The summed E-state index contributed by atoms with van der Waals surface area (Å²) in [7, 11) is 0. The van der Waals surface area contributed by atoms with E-state index in [1.165, 1.54) is 0 Å². The van der Waals surface area contributed by atoms with Crippen LogP contribution in [0.2, 0.25) is 0 Å². The molecule has 0 aliphatic carbocycles. The maximum absolute atomic E-state index is 4.80. The lowest BCUT2D eigenvalue weighted by molar-refractivity contribution is 0.845. The third-order valence-corrected chi connectivity index (χ3v) is 5.57. The fraction of sp³-hybridized carbons (Fsp3) is 0.0909. The molecule has 0 fully saturated rings. The van der Waals surface area contributed by atoms with Crippen molar-refractivity contribution in [2.45, 2.75) is 13.5 Å². The van der Waals surface area contributed by atoms with Gasteiger partial charge in [-0.2, -0.15) is 5.10 Å². The molecule has 5 rings (SSSR count). The predicted molar refractivity (Wildman–Crippen MR) is 120 cm³/mol. The van der Waals surface area contributed by atoms with E-state index in [0.29, 0.717) is 6.54 Å². The largest absolute Gasteiger partial charge is 0.364 e. The van der Waals surface area contributed by atoms with Crippen LogP contribution in [-0.4, -0.2) is 29.4 Å². The van der Waals surface area contributed by atoms with Gasteiger partial charge in [0.2, 0.25) is 0 Å². The maximum Gasteiger partial charge on any atom is 0.155 e. The van der Waals surface area contributed by atoms with E-state index in [4.69, 9.17) is 5.10 Å². The van der Waals surface area contributed by atoms with Crippen LogP contribution in [0.25, 0.3) is 22.7 Å². The van der Waals surface area contributed by atoms with Crippen molar-refractivity contribution in [3.8, 4) is 17.1 Å². The van der Waals surface area contributed by atoms with Gasteiger partial charge in [0.1, 0.15) is 12.1 Å². The molecule has 0 aliphatic rings. The molecule has 4 heterocycles. The molecule has 0 spiro atoms. The van der Waals surface area contributed by atoms with Gasteiger partial charge in [0.25, 0.3) is 0 Å². The SMILES string of the molecule is Cc1cccc(-n2nc(NCc3ccccc3Br)cc2-c2ccn3ncnc3c2)n1. The molecule has 1 N–H and O–H groups in total. The number of halogens is 1.